The monoisotopic (exact) mass is 301 g/mol. The quantitative estimate of drug-likeness (QED) is 0.919. The number of nitrogens with zero attached hydrogens (tertiary/aromatic N) is 2. The number of rotatable bonds is 2. The second kappa shape index (κ2) is 6.01. The van der Waals surface area contributed by atoms with Gasteiger partial charge in [0.05, 0.1) is 5.52 Å². The van der Waals surface area contributed by atoms with E-state index in [9.17, 15) is 4.39 Å². The highest BCUT2D eigenvalue weighted by molar-refractivity contribution is 5.80. The highest BCUT2D eigenvalue weighted by Gasteiger charge is 2.27. The Morgan fingerprint density at radius 2 is 1.68 bits per heavy atom. The fraction of sp³-hybridized carbons (Fsp3) is 0.556. The summed E-state index contributed by atoms with van der Waals surface area (Å²) in [5, 5.41) is 4.19. The molecule has 2 fully saturated rings. The van der Waals surface area contributed by atoms with Gasteiger partial charge in [-0.05, 0) is 43.9 Å². The number of aromatic nitrogens is 1. The van der Waals surface area contributed by atoms with Crippen LogP contribution in [-0.2, 0) is 0 Å². The lowest BCUT2D eigenvalue weighted by Crippen LogP contribution is -2.49. The van der Waals surface area contributed by atoms with Crippen molar-refractivity contribution in [3.05, 3.63) is 36.3 Å². The summed E-state index contributed by atoms with van der Waals surface area (Å²) in [7, 11) is 0. The van der Waals surface area contributed by atoms with E-state index in [-0.39, 0.29) is 5.82 Å². The number of piperazine rings is 1. The molecule has 1 saturated carbocycles. The third-order valence-electron chi connectivity index (χ3n) is 5.44. The molecule has 0 amide bonds. The van der Waals surface area contributed by atoms with E-state index in [0.717, 1.165) is 30.0 Å². The second-order valence-corrected chi connectivity index (χ2v) is 6.64. The van der Waals surface area contributed by atoms with Gasteiger partial charge >= 0.3 is 0 Å². The number of benzene rings is 1. The molecule has 0 radical (unpaired) electrons. The van der Waals surface area contributed by atoms with Gasteiger partial charge < -0.3 is 9.88 Å². The maximum absolute atomic E-state index is 13.8. The Labute approximate surface area is 131 Å². The van der Waals surface area contributed by atoms with Crippen molar-refractivity contribution in [1.29, 1.82) is 0 Å². The van der Waals surface area contributed by atoms with Crippen LogP contribution in [0, 0.1) is 5.82 Å². The fourth-order valence-electron chi connectivity index (χ4n) is 4.22. The lowest BCUT2D eigenvalue weighted by Gasteiger charge is -2.39. The van der Waals surface area contributed by atoms with Gasteiger partial charge in [-0.3, -0.25) is 4.90 Å². The number of hydrogen-bond donors (Lipinski definition) is 1. The smallest absolute Gasteiger partial charge is 0.132 e. The number of hydrogen-bond acceptors (Lipinski definition) is 2. The van der Waals surface area contributed by atoms with Crippen molar-refractivity contribution >= 4 is 10.9 Å². The summed E-state index contributed by atoms with van der Waals surface area (Å²) < 4.78 is 16.1. The molecule has 1 aromatic heterocycles. The molecule has 0 unspecified atom stereocenters. The van der Waals surface area contributed by atoms with Crippen LogP contribution in [-0.4, -0.2) is 41.7 Å². The topological polar surface area (TPSA) is 20.2 Å². The SMILES string of the molecule is Fc1cccc2c1ccn2C1CCC(N2CCNCC2)CC1. The third-order valence-corrected chi connectivity index (χ3v) is 5.44. The predicted molar refractivity (Wildman–Crippen MR) is 87.6 cm³/mol. The molecule has 0 atom stereocenters. The van der Waals surface area contributed by atoms with Crippen molar-refractivity contribution in [3.8, 4) is 0 Å². The van der Waals surface area contributed by atoms with Gasteiger partial charge in [0, 0.05) is 49.8 Å². The zero-order chi connectivity index (χ0) is 14.9. The molecule has 22 heavy (non-hydrogen) atoms. The summed E-state index contributed by atoms with van der Waals surface area (Å²) in [6.45, 7) is 4.63. The minimum atomic E-state index is -0.106. The van der Waals surface area contributed by atoms with Crippen molar-refractivity contribution < 1.29 is 4.39 Å². The maximum Gasteiger partial charge on any atom is 0.132 e. The van der Waals surface area contributed by atoms with E-state index in [1.165, 1.54) is 38.8 Å². The molecule has 4 rings (SSSR count). The van der Waals surface area contributed by atoms with Gasteiger partial charge in [0.15, 0.2) is 0 Å². The summed E-state index contributed by atoms with van der Waals surface area (Å²) in [5.74, 6) is -0.106. The van der Waals surface area contributed by atoms with Crippen molar-refractivity contribution in [1.82, 2.24) is 14.8 Å². The molecule has 1 saturated heterocycles. The normalized spacial score (nSPS) is 27.3. The predicted octanol–water partition coefficient (Wildman–Crippen LogP) is 3.17. The number of fused-ring (bicyclic) bond motifs is 1. The first-order valence-corrected chi connectivity index (χ1v) is 8.53. The summed E-state index contributed by atoms with van der Waals surface area (Å²) in [5.41, 5.74) is 1.05. The Kier molecular flexibility index (Phi) is 3.89. The van der Waals surface area contributed by atoms with Crippen LogP contribution >= 0.6 is 0 Å². The zero-order valence-corrected chi connectivity index (χ0v) is 13.0. The van der Waals surface area contributed by atoms with Gasteiger partial charge in [-0.1, -0.05) is 6.07 Å². The summed E-state index contributed by atoms with van der Waals surface area (Å²) in [4.78, 5) is 2.65. The fourth-order valence-corrected chi connectivity index (χ4v) is 4.22. The van der Waals surface area contributed by atoms with E-state index < -0.39 is 0 Å². The Morgan fingerprint density at radius 1 is 0.955 bits per heavy atom. The molecule has 1 aliphatic carbocycles. The molecule has 1 N–H and O–H groups in total. The van der Waals surface area contributed by atoms with Crippen LogP contribution in [0.15, 0.2) is 30.5 Å². The molecule has 0 spiro atoms. The first kappa shape index (κ1) is 14.2. The molecule has 2 aromatic rings. The van der Waals surface area contributed by atoms with E-state index in [4.69, 9.17) is 0 Å². The average molecular weight is 301 g/mol. The zero-order valence-electron chi connectivity index (χ0n) is 13.0. The van der Waals surface area contributed by atoms with E-state index in [1.807, 2.05) is 18.2 Å². The Hall–Kier alpha value is -1.39. The lowest BCUT2D eigenvalue weighted by atomic mass is 9.89. The van der Waals surface area contributed by atoms with Crippen molar-refractivity contribution in [2.45, 2.75) is 37.8 Å². The van der Waals surface area contributed by atoms with Gasteiger partial charge in [0.25, 0.3) is 0 Å². The van der Waals surface area contributed by atoms with Crippen molar-refractivity contribution in [2.24, 2.45) is 0 Å². The molecule has 1 aromatic carbocycles. The molecule has 2 heterocycles. The van der Waals surface area contributed by atoms with Crippen molar-refractivity contribution in [2.75, 3.05) is 26.2 Å². The number of nitrogens with one attached hydrogen (secondary N) is 1. The standard InChI is InChI=1S/C18H24FN3/c19-17-2-1-3-18-16(17)8-11-22(18)15-6-4-14(5-7-15)21-12-9-20-10-13-21/h1-3,8,11,14-15,20H,4-7,9-10,12-13H2. The summed E-state index contributed by atoms with van der Waals surface area (Å²) in [6, 6.07) is 8.61. The van der Waals surface area contributed by atoms with Crippen LogP contribution < -0.4 is 5.32 Å². The molecule has 1 aliphatic heterocycles. The molecule has 3 nitrogen and oxygen atoms in total. The van der Waals surface area contributed by atoms with E-state index >= 15 is 0 Å². The van der Waals surface area contributed by atoms with Crippen molar-refractivity contribution in [3.63, 3.8) is 0 Å². The second-order valence-electron chi connectivity index (χ2n) is 6.64. The Balaban J connectivity index is 1.47. The first-order chi connectivity index (χ1) is 10.8. The third kappa shape index (κ3) is 2.55. The highest BCUT2D eigenvalue weighted by atomic mass is 19.1. The van der Waals surface area contributed by atoms with Gasteiger partial charge in [-0.25, -0.2) is 4.39 Å². The van der Waals surface area contributed by atoms with Crippen LogP contribution in [0.2, 0.25) is 0 Å². The average Bonchev–Trinajstić information content (AvgIpc) is 3.01. The van der Waals surface area contributed by atoms with Crippen LogP contribution in [0.4, 0.5) is 4.39 Å². The largest absolute Gasteiger partial charge is 0.344 e. The van der Waals surface area contributed by atoms with Gasteiger partial charge in [-0.2, -0.15) is 0 Å². The van der Waals surface area contributed by atoms with E-state index in [2.05, 4.69) is 21.0 Å². The van der Waals surface area contributed by atoms with E-state index in [0.29, 0.717) is 6.04 Å². The minimum Gasteiger partial charge on any atom is -0.344 e. The van der Waals surface area contributed by atoms with E-state index in [1.54, 1.807) is 6.07 Å². The lowest BCUT2D eigenvalue weighted by molar-refractivity contribution is 0.124. The Morgan fingerprint density at radius 3 is 2.45 bits per heavy atom. The highest BCUT2D eigenvalue weighted by Crippen LogP contribution is 2.34. The summed E-state index contributed by atoms with van der Waals surface area (Å²) >= 11 is 0. The van der Waals surface area contributed by atoms with Gasteiger partial charge in [0.1, 0.15) is 5.82 Å². The van der Waals surface area contributed by atoms with Crippen LogP contribution in [0.25, 0.3) is 10.9 Å². The minimum absolute atomic E-state index is 0.106. The maximum atomic E-state index is 13.8. The number of halogens is 1. The molecule has 4 heteroatoms. The Bertz CT molecular complexity index is 637. The summed E-state index contributed by atoms with van der Waals surface area (Å²) in [6.07, 6.45) is 7.01. The van der Waals surface area contributed by atoms with Crippen LogP contribution in [0.3, 0.4) is 0 Å². The van der Waals surface area contributed by atoms with Crippen LogP contribution in [0.1, 0.15) is 31.7 Å². The van der Waals surface area contributed by atoms with Crippen LogP contribution in [0.5, 0.6) is 0 Å². The van der Waals surface area contributed by atoms with Gasteiger partial charge in [-0.15, -0.1) is 0 Å². The molecular formula is C18H24FN3. The molecule has 0 bridgehead atoms. The molecule has 118 valence electrons. The molecular weight excluding hydrogens is 277 g/mol. The first-order valence-electron chi connectivity index (χ1n) is 8.53. The van der Waals surface area contributed by atoms with Gasteiger partial charge in [0.2, 0.25) is 0 Å². The molecule has 2 aliphatic rings.